The monoisotopic (exact) mass is 474 g/mol. The summed E-state index contributed by atoms with van der Waals surface area (Å²) in [7, 11) is 0. The second kappa shape index (κ2) is 9.87. The second-order valence-electron chi connectivity index (χ2n) is 9.39. The normalized spacial score (nSPS) is 13.5. The van der Waals surface area contributed by atoms with E-state index in [0.29, 0.717) is 5.39 Å². The van der Waals surface area contributed by atoms with Crippen LogP contribution in [0.1, 0.15) is 68.5 Å². The lowest BCUT2D eigenvalue weighted by Crippen LogP contribution is -2.34. The first-order valence-corrected chi connectivity index (χ1v) is 13.6. The van der Waals surface area contributed by atoms with Gasteiger partial charge in [0.2, 0.25) is 5.95 Å². The molecule has 5 rings (SSSR count). The molecule has 178 valence electrons. The molecule has 34 heavy (non-hydrogen) atoms. The largest absolute Gasteiger partial charge is 0.342 e. The molecule has 6 heteroatoms. The highest BCUT2D eigenvalue weighted by molar-refractivity contribution is 7.19. The Morgan fingerprint density at radius 2 is 1.68 bits per heavy atom. The van der Waals surface area contributed by atoms with Gasteiger partial charge in [-0.3, -0.25) is 4.79 Å². The number of benzene rings is 1. The molecule has 4 aromatic rings. The topological polar surface area (TPSA) is 51.0 Å². The maximum absolute atomic E-state index is 14.2. The van der Waals surface area contributed by atoms with Crippen molar-refractivity contribution in [1.29, 1.82) is 0 Å². The zero-order valence-electron chi connectivity index (χ0n) is 20.6. The van der Waals surface area contributed by atoms with Crippen LogP contribution in [-0.2, 0) is 12.8 Å². The average Bonchev–Trinajstić information content (AvgIpc) is 3.22. The van der Waals surface area contributed by atoms with Crippen molar-refractivity contribution in [2.24, 2.45) is 0 Å². The maximum Gasteiger partial charge on any atom is 0.269 e. The van der Waals surface area contributed by atoms with Crippen LogP contribution in [0.15, 0.2) is 35.1 Å². The predicted molar refractivity (Wildman–Crippen MR) is 144 cm³/mol. The van der Waals surface area contributed by atoms with Crippen molar-refractivity contribution in [1.82, 2.24) is 14.5 Å². The van der Waals surface area contributed by atoms with Crippen LogP contribution in [0.4, 0.5) is 5.95 Å². The predicted octanol–water partition coefficient (Wildman–Crippen LogP) is 6.59. The summed E-state index contributed by atoms with van der Waals surface area (Å²) in [6.45, 7) is 8.19. The molecule has 3 aromatic heterocycles. The van der Waals surface area contributed by atoms with Crippen LogP contribution in [0.2, 0.25) is 0 Å². The third-order valence-electron chi connectivity index (χ3n) is 6.95. The van der Waals surface area contributed by atoms with E-state index >= 15 is 0 Å². The number of thiophene rings is 1. The van der Waals surface area contributed by atoms with Gasteiger partial charge in [-0.2, -0.15) is 0 Å². The van der Waals surface area contributed by atoms with Crippen molar-refractivity contribution >= 4 is 38.4 Å². The first kappa shape index (κ1) is 23.0. The average molecular weight is 475 g/mol. The van der Waals surface area contributed by atoms with Crippen molar-refractivity contribution in [2.45, 2.75) is 72.1 Å². The number of aromatic nitrogens is 3. The molecule has 0 spiro atoms. The fourth-order valence-corrected chi connectivity index (χ4v) is 6.44. The van der Waals surface area contributed by atoms with Gasteiger partial charge in [-0.1, -0.05) is 44.9 Å². The molecule has 0 radical (unpaired) electrons. The third kappa shape index (κ3) is 4.02. The number of pyridine rings is 1. The lowest BCUT2D eigenvalue weighted by molar-refractivity contribution is 0.654. The summed E-state index contributed by atoms with van der Waals surface area (Å²) in [5.41, 5.74) is 3.87. The van der Waals surface area contributed by atoms with Gasteiger partial charge in [0.1, 0.15) is 4.83 Å². The van der Waals surface area contributed by atoms with Crippen molar-refractivity contribution in [3.05, 3.63) is 56.8 Å². The standard InChI is InChI=1S/C28H34N4OS/c1-4-6-17-31(18-7-5-2)28-30-25-23(27(33)32(28)20-13-9-8-10-14-20)19(3)29-26-24(25)21-15-11-12-16-22(21)34-26/h8-10,13-14H,4-7,11-12,15-18H2,1-3H3. The zero-order valence-corrected chi connectivity index (χ0v) is 21.4. The molecule has 0 unspecified atom stereocenters. The molecule has 0 amide bonds. The summed E-state index contributed by atoms with van der Waals surface area (Å²) in [4.78, 5) is 29.3. The van der Waals surface area contributed by atoms with E-state index in [1.54, 1.807) is 11.3 Å². The van der Waals surface area contributed by atoms with Gasteiger partial charge >= 0.3 is 0 Å². The molecule has 1 aliphatic carbocycles. The van der Waals surface area contributed by atoms with E-state index in [1.807, 2.05) is 41.8 Å². The molecule has 3 heterocycles. The Bertz CT molecular complexity index is 1360. The van der Waals surface area contributed by atoms with Gasteiger partial charge in [0, 0.05) is 23.4 Å². The SMILES string of the molecule is CCCCN(CCCC)c1nc2c(c(C)nc3sc4c(c32)CCCC4)c(=O)n1-c1ccccc1. The number of rotatable bonds is 8. The molecule has 0 aliphatic heterocycles. The minimum Gasteiger partial charge on any atom is -0.342 e. The second-order valence-corrected chi connectivity index (χ2v) is 10.5. The molecule has 5 nitrogen and oxygen atoms in total. The highest BCUT2D eigenvalue weighted by Gasteiger charge is 2.25. The Hall–Kier alpha value is -2.73. The Morgan fingerprint density at radius 3 is 2.38 bits per heavy atom. The molecule has 1 aromatic carbocycles. The van der Waals surface area contributed by atoms with Gasteiger partial charge in [0.05, 0.1) is 22.3 Å². The molecular formula is C28H34N4OS. The summed E-state index contributed by atoms with van der Waals surface area (Å²) in [6, 6.07) is 9.97. The van der Waals surface area contributed by atoms with Gasteiger partial charge in [-0.25, -0.2) is 14.5 Å². The molecule has 1 aliphatic rings. The van der Waals surface area contributed by atoms with Crippen molar-refractivity contribution < 1.29 is 0 Å². The minimum atomic E-state index is -0.00754. The lowest BCUT2D eigenvalue weighted by atomic mass is 9.96. The molecule has 0 N–H and O–H groups in total. The molecule has 0 bridgehead atoms. The number of fused-ring (bicyclic) bond motifs is 5. The van der Waals surface area contributed by atoms with Crippen LogP contribution in [0, 0.1) is 6.92 Å². The van der Waals surface area contributed by atoms with E-state index in [2.05, 4.69) is 18.7 Å². The molecule has 0 atom stereocenters. The van der Waals surface area contributed by atoms with E-state index in [0.717, 1.165) is 84.7 Å². The third-order valence-corrected chi connectivity index (χ3v) is 8.13. The van der Waals surface area contributed by atoms with Gasteiger partial charge < -0.3 is 4.90 Å². The number of hydrogen-bond acceptors (Lipinski definition) is 5. The Labute approximate surface area is 205 Å². The first-order chi connectivity index (χ1) is 16.6. The van der Waals surface area contributed by atoms with E-state index in [-0.39, 0.29) is 5.56 Å². The molecule has 0 fully saturated rings. The summed E-state index contributed by atoms with van der Waals surface area (Å²) in [5, 5.41) is 1.79. The van der Waals surface area contributed by atoms with E-state index in [9.17, 15) is 4.79 Å². The summed E-state index contributed by atoms with van der Waals surface area (Å²) < 4.78 is 1.83. The Morgan fingerprint density at radius 1 is 0.971 bits per heavy atom. The molecule has 0 saturated carbocycles. The smallest absolute Gasteiger partial charge is 0.269 e. The number of anilines is 1. The number of para-hydroxylation sites is 1. The fraction of sp³-hybridized carbons (Fsp3) is 0.464. The van der Waals surface area contributed by atoms with Crippen molar-refractivity contribution in [2.75, 3.05) is 18.0 Å². The maximum atomic E-state index is 14.2. The van der Waals surface area contributed by atoms with Gasteiger partial charge in [-0.15, -0.1) is 11.3 Å². The first-order valence-electron chi connectivity index (χ1n) is 12.8. The van der Waals surface area contributed by atoms with Crippen LogP contribution in [0.5, 0.6) is 0 Å². The Kier molecular flexibility index (Phi) is 6.68. The van der Waals surface area contributed by atoms with Crippen LogP contribution in [-0.4, -0.2) is 27.6 Å². The van der Waals surface area contributed by atoms with Crippen LogP contribution in [0.3, 0.4) is 0 Å². The number of nitrogens with zero attached hydrogens (tertiary/aromatic N) is 4. The highest BCUT2D eigenvalue weighted by Crippen LogP contribution is 2.39. The van der Waals surface area contributed by atoms with Crippen molar-refractivity contribution in [3.63, 3.8) is 0 Å². The van der Waals surface area contributed by atoms with Crippen LogP contribution < -0.4 is 10.5 Å². The van der Waals surface area contributed by atoms with E-state index in [1.165, 1.54) is 23.3 Å². The lowest BCUT2D eigenvalue weighted by Gasteiger charge is -2.27. The van der Waals surface area contributed by atoms with Gasteiger partial charge in [-0.05, 0) is 63.1 Å². The highest BCUT2D eigenvalue weighted by atomic mass is 32.1. The van der Waals surface area contributed by atoms with Crippen LogP contribution in [0.25, 0.3) is 26.8 Å². The van der Waals surface area contributed by atoms with E-state index in [4.69, 9.17) is 9.97 Å². The molecular weight excluding hydrogens is 440 g/mol. The summed E-state index contributed by atoms with van der Waals surface area (Å²) in [6.07, 6.45) is 8.97. The van der Waals surface area contributed by atoms with Crippen LogP contribution >= 0.6 is 11.3 Å². The fourth-order valence-electron chi connectivity index (χ4n) is 5.13. The Balaban J connectivity index is 1.86. The number of unbranched alkanes of at least 4 members (excludes halogenated alkanes) is 2. The summed E-state index contributed by atoms with van der Waals surface area (Å²) in [5.74, 6) is 0.772. The molecule has 0 saturated heterocycles. The van der Waals surface area contributed by atoms with Gasteiger partial charge in [0.25, 0.3) is 5.56 Å². The minimum absolute atomic E-state index is 0.00754. The van der Waals surface area contributed by atoms with E-state index < -0.39 is 0 Å². The summed E-state index contributed by atoms with van der Waals surface area (Å²) >= 11 is 1.80. The quantitative estimate of drug-likeness (QED) is 0.289. The van der Waals surface area contributed by atoms with Gasteiger partial charge in [0.15, 0.2) is 0 Å². The zero-order chi connectivity index (χ0) is 23.7. The number of aryl methyl sites for hydroxylation is 3. The van der Waals surface area contributed by atoms with Crippen molar-refractivity contribution in [3.8, 4) is 5.69 Å². The number of hydrogen-bond donors (Lipinski definition) is 0.